The van der Waals surface area contributed by atoms with Crippen LogP contribution in [-0.2, 0) is 5.92 Å². The van der Waals surface area contributed by atoms with Crippen molar-refractivity contribution in [2.24, 2.45) is 0 Å². The molecule has 72 valence electrons. The minimum atomic E-state index is -2.85. The molecule has 0 saturated heterocycles. The minimum absolute atomic E-state index is 0.0388. The molecule has 1 aromatic rings. The third kappa shape index (κ3) is 2.08. The van der Waals surface area contributed by atoms with Gasteiger partial charge in [0.25, 0.3) is 5.92 Å². The van der Waals surface area contributed by atoms with E-state index >= 15 is 0 Å². The molecule has 0 aliphatic rings. The van der Waals surface area contributed by atoms with E-state index in [1.54, 1.807) is 18.2 Å². The second-order valence-corrected chi connectivity index (χ2v) is 5.40. The van der Waals surface area contributed by atoms with Crippen molar-refractivity contribution in [2.45, 2.75) is 24.1 Å². The van der Waals surface area contributed by atoms with Gasteiger partial charge in [-0.15, -0.1) is 0 Å². The standard InChI is InChI=1S/C10H11BrF2/c1-9(2,11)10(12,13)8-6-4-3-5-7-8/h3-7H,1-2H3. The van der Waals surface area contributed by atoms with Crippen LogP contribution in [0.5, 0.6) is 0 Å². The van der Waals surface area contributed by atoms with Crippen LogP contribution in [0, 0.1) is 0 Å². The molecule has 0 aliphatic carbocycles. The van der Waals surface area contributed by atoms with Crippen LogP contribution in [0.25, 0.3) is 0 Å². The van der Waals surface area contributed by atoms with Crippen molar-refractivity contribution < 1.29 is 8.78 Å². The topological polar surface area (TPSA) is 0 Å². The van der Waals surface area contributed by atoms with Gasteiger partial charge in [-0.1, -0.05) is 46.3 Å². The molecule has 1 aromatic carbocycles. The average molecular weight is 249 g/mol. The molecule has 0 N–H and O–H groups in total. The fourth-order valence-electron chi connectivity index (χ4n) is 0.991. The van der Waals surface area contributed by atoms with Crippen LogP contribution in [0.1, 0.15) is 19.4 Å². The molecule has 1 rings (SSSR count). The summed E-state index contributed by atoms with van der Waals surface area (Å²) in [4.78, 5) is 0. The first-order chi connectivity index (χ1) is 5.86. The second-order valence-electron chi connectivity index (χ2n) is 3.41. The van der Waals surface area contributed by atoms with Gasteiger partial charge in [-0.05, 0) is 13.8 Å². The van der Waals surface area contributed by atoms with Crippen LogP contribution in [0.2, 0.25) is 0 Å². The van der Waals surface area contributed by atoms with Gasteiger partial charge in [0, 0.05) is 5.56 Å². The summed E-state index contributed by atoms with van der Waals surface area (Å²) >= 11 is 2.99. The number of hydrogen-bond donors (Lipinski definition) is 0. The molecule has 0 amide bonds. The summed E-state index contributed by atoms with van der Waals surface area (Å²) in [5.41, 5.74) is 0.0388. The van der Waals surface area contributed by atoms with Crippen LogP contribution in [0.4, 0.5) is 8.78 Å². The molecule has 0 spiro atoms. The predicted molar refractivity (Wildman–Crippen MR) is 53.3 cm³/mol. The molecule has 0 heterocycles. The predicted octanol–water partition coefficient (Wildman–Crippen LogP) is 3.95. The van der Waals surface area contributed by atoms with Crippen molar-refractivity contribution in [3.63, 3.8) is 0 Å². The highest BCUT2D eigenvalue weighted by molar-refractivity contribution is 9.10. The SMILES string of the molecule is CC(C)(Br)C(F)(F)c1ccccc1. The second kappa shape index (κ2) is 3.37. The molecule has 0 saturated carbocycles. The van der Waals surface area contributed by atoms with E-state index in [0.29, 0.717) is 0 Å². The van der Waals surface area contributed by atoms with E-state index < -0.39 is 10.2 Å². The quantitative estimate of drug-likeness (QED) is 0.696. The van der Waals surface area contributed by atoms with Crippen LogP contribution < -0.4 is 0 Å². The van der Waals surface area contributed by atoms with Crippen molar-refractivity contribution in [3.05, 3.63) is 35.9 Å². The molecule has 0 atom stereocenters. The lowest BCUT2D eigenvalue weighted by molar-refractivity contribution is -0.0320. The molecule has 0 fully saturated rings. The Labute approximate surface area is 85.1 Å². The Balaban J connectivity index is 3.08. The minimum Gasteiger partial charge on any atom is -0.200 e. The Kier molecular flexibility index (Phi) is 2.76. The summed E-state index contributed by atoms with van der Waals surface area (Å²) in [7, 11) is 0. The first-order valence-electron chi connectivity index (χ1n) is 3.98. The maximum atomic E-state index is 13.6. The largest absolute Gasteiger partial charge is 0.287 e. The highest BCUT2D eigenvalue weighted by Gasteiger charge is 2.46. The molecule has 13 heavy (non-hydrogen) atoms. The lowest BCUT2D eigenvalue weighted by Crippen LogP contribution is -2.34. The summed E-state index contributed by atoms with van der Waals surface area (Å²) in [6, 6.07) is 7.82. The maximum absolute atomic E-state index is 13.6. The zero-order valence-corrected chi connectivity index (χ0v) is 9.11. The Morgan fingerprint density at radius 2 is 1.54 bits per heavy atom. The fraction of sp³-hybridized carbons (Fsp3) is 0.400. The molecular formula is C10H11BrF2. The van der Waals surface area contributed by atoms with E-state index in [0.717, 1.165) is 0 Å². The number of rotatable bonds is 2. The van der Waals surface area contributed by atoms with E-state index in [1.165, 1.54) is 26.0 Å². The fourth-order valence-corrected chi connectivity index (χ4v) is 1.22. The van der Waals surface area contributed by atoms with Gasteiger partial charge in [0.1, 0.15) is 0 Å². The van der Waals surface area contributed by atoms with Crippen molar-refractivity contribution in [1.82, 2.24) is 0 Å². The van der Waals surface area contributed by atoms with Gasteiger partial charge >= 0.3 is 0 Å². The number of halogens is 3. The van der Waals surface area contributed by atoms with Gasteiger partial charge in [0.05, 0.1) is 4.32 Å². The van der Waals surface area contributed by atoms with Crippen LogP contribution in [0.15, 0.2) is 30.3 Å². The highest BCUT2D eigenvalue weighted by atomic mass is 79.9. The smallest absolute Gasteiger partial charge is 0.200 e. The van der Waals surface area contributed by atoms with Crippen LogP contribution in [-0.4, -0.2) is 4.32 Å². The van der Waals surface area contributed by atoms with E-state index in [2.05, 4.69) is 15.9 Å². The van der Waals surface area contributed by atoms with E-state index in [1.807, 2.05) is 0 Å². The molecule has 0 radical (unpaired) electrons. The van der Waals surface area contributed by atoms with Crippen LogP contribution >= 0.6 is 15.9 Å². The Morgan fingerprint density at radius 1 is 1.08 bits per heavy atom. The number of alkyl halides is 3. The summed E-state index contributed by atoms with van der Waals surface area (Å²) in [5, 5.41) is 0. The van der Waals surface area contributed by atoms with Gasteiger partial charge < -0.3 is 0 Å². The lowest BCUT2D eigenvalue weighted by atomic mass is 9.98. The van der Waals surface area contributed by atoms with Crippen LogP contribution in [0.3, 0.4) is 0 Å². The monoisotopic (exact) mass is 248 g/mol. The van der Waals surface area contributed by atoms with Crippen molar-refractivity contribution in [2.75, 3.05) is 0 Å². The first kappa shape index (κ1) is 10.6. The van der Waals surface area contributed by atoms with Gasteiger partial charge in [0.15, 0.2) is 0 Å². The Morgan fingerprint density at radius 3 is 1.92 bits per heavy atom. The van der Waals surface area contributed by atoms with E-state index in [-0.39, 0.29) is 5.56 Å². The van der Waals surface area contributed by atoms with E-state index in [4.69, 9.17) is 0 Å². The zero-order valence-electron chi connectivity index (χ0n) is 7.52. The van der Waals surface area contributed by atoms with Gasteiger partial charge in [-0.2, -0.15) is 8.78 Å². The molecule has 3 heteroatoms. The molecular weight excluding hydrogens is 238 g/mol. The third-order valence-electron chi connectivity index (χ3n) is 1.88. The summed E-state index contributed by atoms with van der Waals surface area (Å²) < 4.78 is 26.0. The summed E-state index contributed by atoms with van der Waals surface area (Å²) in [6.45, 7) is 2.92. The molecule has 0 bridgehead atoms. The molecule has 0 unspecified atom stereocenters. The lowest BCUT2D eigenvalue weighted by Gasteiger charge is -2.28. The highest BCUT2D eigenvalue weighted by Crippen LogP contribution is 2.43. The van der Waals surface area contributed by atoms with Crippen molar-refractivity contribution in [1.29, 1.82) is 0 Å². The first-order valence-corrected chi connectivity index (χ1v) is 4.77. The molecule has 0 aliphatic heterocycles. The normalized spacial score (nSPS) is 13.0. The van der Waals surface area contributed by atoms with Crippen molar-refractivity contribution >= 4 is 15.9 Å². The average Bonchev–Trinajstić information content (AvgIpc) is 2.04. The Hall–Kier alpha value is -0.440. The van der Waals surface area contributed by atoms with Gasteiger partial charge in [-0.25, -0.2) is 0 Å². The van der Waals surface area contributed by atoms with Crippen molar-refractivity contribution in [3.8, 4) is 0 Å². The third-order valence-corrected chi connectivity index (χ3v) is 2.38. The molecule has 0 aromatic heterocycles. The summed E-state index contributed by atoms with van der Waals surface area (Å²) in [5.74, 6) is -2.85. The van der Waals surface area contributed by atoms with Gasteiger partial charge in [0.2, 0.25) is 0 Å². The van der Waals surface area contributed by atoms with E-state index in [9.17, 15) is 8.78 Å². The van der Waals surface area contributed by atoms with Gasteiger partial charge in [-0.3, -0.25) is 0 Å². The molecule has 0 nitrogen and oxygen atoms in total. The maximum Gasteiger partial charge on any atom is 0.287 e. The number of benzene rings is 1. The number of hydrogen-bond acceptors (Lipinski definition) is 0. The Bertz CT molecular complexity index is 275. The summed E-state index contributed by atoms with van der Waals surface area (Å²) in [6.07, 6.45) is 0. The zero-order chi connectivity index (χ0) is 10.1.